The topological polar surface area (TPSA) is 107 Å². The zero-order valence-corrected chi connectivity index (χ0v) is 11.3. The maximum absolute atomic E-state index is 11.7. The maximum atomic E-state index is 11.7. The van der Waals surface area contributed by atoms with E-state index in [0.29, 0.717) is 13.1 Å². The molecule has 102 valence electrons. The van der Waals surface area contributed by atoms with Crippen LogP contribution in [0, 0.1) is 0 Å². The molecule has 0 radical (unpaired) electrons. The lowest BCUT2D eigenvalue weighted by Gasteiger charge is -2.11. The van der Waals surface area contributed by atoms with Crippen LogP contribution in [0.5, 0.6) is 0 Å². The van der Waals surface area contributed by atoms with Crippen LogP contribution in [0.2, 0.25) is 0 Å². The smallest absolute Gasteiger partial charge is 0.271 e. The fraction of sp³-hybridized carbons (Fsp3) is 0.600. The summed E-state index contributed by atoms with van der Waals surface area (Å²) in [6.45, 7) is 2.68. The van der Waals surface area contributed by atoms with Gasteiger partial charge >= 0.3 is 0 Å². The van der Waals surface area contributed by atoms with Crippen molar-refractivity contribution in [2.75, 3.05) is 18.6 Å². The van der Waals surface area contributed by atoms with Crippen LogP contribution in [0.25, 0.3) is 0 Å². The Hall–Kier alpha value is -1.41. The molecule has 1 atom stereocenters. The molecule has 8 heteroatoms. The molecule has 0 saturated heterocycles. The molecular weight excluding hydrogens is 256 g/mol. The summed E-state index contributed by atoms with van der Waals surface area (Å²) in [4.78, 5) is 15.7. The SMILES string of the molecule is CC(CS(C)(=O)=O)NC(=O)c1cn(CCN)cn1. The maximum Gasteiger partial charge on any atom is 0.271 e. The van der Waals surface area contributed by atoms with Crippen LogP contribution in [0.1, 0.15) is 17.4 Å². The zero-order chi connectivity index (χ0) is 13.8. The number of amides is 1. The first kappa shape index (κ1) is 14.7. The molecule has 1 aromatic rings. The summed E-state index contributed by atoms with van der Waals surface area (Å²) in [6, 6.07) is -0.452. The third kappa shape index (κ3) is 4.84. The van der Waals surface area contributed by atoms with Crippen molar-refractivity contribution in [3.63, 3.8) is 0 Å². The molecule has 1 aromatic heterocycles. The zero-order valence-electron chi connectivity index (χ0n) is 10.5. The number of imidazole rings is 1. The molecule has 18 heavy (non-hydrogen) atoms. The van der Waals surface area contributed by atoms with Crippen molar-refractivity contribution in [1.29, 1.82) is 0 Å². The predicted molar refractivity (Wildman–Crippen MR) is 67.9 cm³/mol. The summed E-state index contributed by atoms with van der Waals surface area (Å²) in [7, 11) is -3.11. The number of aromatic nitrogens is 2. The second kappa shape index (κ2) is 5.96. The van der Waals surface area contributed by atoms with E-state index in [9.17, 15) is 13.2 Å². The lowest BCUT2D eigenvalue weighted by molar-refractivity contribution is 0.0939. The Labute approximate surface area is 106 Å². The number of sulfone groups is 1. The minimum atomic E-state index is -3.11. The molecule has 0 aliphatic heterocycles. The number of hydrogen-bond acceptors (Lipinski definition) is 5. The van der Waals surface area contributed by atoms with Crippen molar-refractivity contribution >= 4 is 15.7 Å². The van der Waals surface area contributed by atoms with E-state index in [0.717, 1.165) is 6.26 Å². The average molecular weight is 274 g/mol. The van der Waals surface area contributed by atoms with Gasteiger partial charge in [-0.1, -0.05) is 0 Å². The average Bonchev–Trinajstić information content (AvgIpc) is 2.63. The van der Waals surface area contributed by atoms with Crippen LogP contribution < -0.4 is 11.1 Å². The molecule has 0 aliphatic rings. The van der Waals surface area contributed by atoms with Gasteiger partial charge in [0.1, 0.15) is 15.5 Å². The van der Waals surface area contributed by atoms with Gasteiger partial charge in [0, 0.05) is 31.6 Å². The van der Waals surface area contributed by atoms with Crippen LogP contribution in [0.3, 0.4) is 0 Å². The summed E-state index contributed by atoms with van der Waals surface area (Å²) in [5.41, 5.74) is 5.63. The summed E-state index contributed by atoms with van der Waals surface area (Å²) in [5.74, 6) is -0.482. The fourth-order valence-corrected chi connectivity index (χ4v) is 2.53. The molecule has 0 saturated carbocycles. The van der Waals surface area contributed by atoms with E-state index < -0.39 is 15.9 Å². The molecule has 0 aromatic carbocycles. The molecule has 1 rings (SSSR count). The van der Waals surface area contributed by atoms with E-state index in [1.54, 1.807) is 17.7 Å². The van der Waals surface area contributed by atoms with Crippen LogP contribution in [-0.4, -0.2) is 48.5 Å². The van der Waals surface area contributed by atoms with Gasteiger partial charge in [-0.3, -0.25) is 4.79 Å². The van der Waals surface area contributed by atoms with Crippen LogP contribution in [0.4, 0.5) is 0 Å². The Bertz CT molecular complexity index is 509. The van der Waals surface area contributed by atoms with Gasteiger partial charge in [0.15, 0.2) is 0 Å². The van der Waals surface area contributed by atoms with Gasteiger partial charge in [0.05, 0.1) is 12.1 Å². The Morgan fingerprint density at radius 1 is 1.61 bits per heavy atom. The number of carbonyl (C=O) groups is 1. The first-order valence-corrected chi connectivity index (χ1v) is 7.58. The first-order valence-electron chi connectivity index (χ1n) is 5.52. The van der Waals surface area contributed by atoms with E-state index in [1.807, 2.05) is 0 Å². The number of carbonyl (C=O) groups excluding carboxylic acids is 1. The van der Waals surface area contributed by atoms with Gasteiger partial charge < -0.3 is 15.6 Å². The predicted octanol–water partition coefficient (Wildman–Crippen LogP) is -0.995. The molecule has 0 aliphatic carbocycles. The number of hydrogen-bond donors (Lipinski definition) is 2. The van der Waals surface area contributed by atoms with Gasteiger partial charge in [0.25, 0.3) is 5.91 Å². The largest absolute Gasteiger partial charge is 0.347 e. The van der Waals surface area contributed by atoms with E-state index >= 15 is 0 Å². The van der Waals surface area contributed by atoms with Crippen molar-refractivity contribution < 1.29 is 13.2 Å². The van der Waals surface area contributed by atoms with E-state index in [4.69, 9.17) is 5.73 Å². The quantitative estimate of drug-likeness (QED) is 0.692. The summed E-state index contributed by atoms with van der Waals surface area (Å²) in [6.07, 6.45) is 4.23. The Balaban J connectivity index is 2.59. The van der Waals surface area contributed by atoms with Crippen molar-refractivity contribution in [3.05, 3.63) is 18.2 Å². The standard InChI is InChI=1S/C10H18N4O3S/c1-8(6-18(2,16)17)13-10(15)9-5-14(4-3-11)7-12-9/h5,7-8H,3-4,6,11H2,1-2H3,(H,13,15). The van der Waals surface area contributed by atoms with Gasteiger partial charge in [0.2, 0.25) is 0 Å². The summed E-state index contributed by atoms with van der Waals surface area (Å²) >= 11 is 0. The Kier molecular flexibility index (Phi) is 4.85. The normalized spacial score (nSPS) is 13.3. The molecule has 1 amide bonds. The fourth-order valence-electron chi connectivity index (χ4n) is 1.54. The molecule has 0 spiro atoms. The molecule has 1 heterocycles. The lowest BCUT2D eigenvalue weighted by Crippen LogP contribution is -2.37. The van der Waals surface area contributed by atoms with Crippen LogP contribution in [0.15, 0.2) is 12.5 Å². The number of nitrogens with one attached hydrogen (secondary N) is 1. The molecule has 7 nitrogen and oxygen atoms in total. The van der Waals surface area contributed by atoms with Crippen molar-refractivity contribution in [2.45, 2.75) is 19.5 Å². The Morgan fingerprint density at radius 3 is 2.83 bits per heavy atom. The van der Waals surface area contributed by atoms with E-state index in [2.05, 4.69) is 10.3 Å². The third-order valence-electron chi connectivity index (χ3n) is 2.18. The molecule has 0 fully saturated rings. The number of nitrogens with two attached hydrogens (primary N) is 1. The van der Waals surface area contributed by atoms with Crippen LogP contribution in [-0.2, 0) is 16.4 Å². The summed E-state index contributed by atoms with van der Waals surface area (Å²) in [5, 5.41) is 2.58. The molecular formula is C10H18N4O3S. The number of rotatable bonds is 6. The van der Waals surface area contributed by atoms with Crippen molar-refractivity contribution in [1.82, 2.24) is 14.9 Å². The monoisotopic (exact) mass is 274 g/mol. The molecule has 0 bridgehead atoms. The van der Waals surface area contributed by atoms with Gasteiger partial charge in [-0.2, -0.15) is 0 Å². The highest BCUT2D eigenvalue weighted by Crippen LogP contribution is 1.98. The number of nitrogens with zero attached hydrogens (tertiary/aromatic N) is 2. The van der Waals surface area contributed by atoms with Crippen molar-refractivity contribution in [2.24, 2.45) is 5.73 Å². The minimum absolute atomic E-state index is 0.0950. The molecule has 3 N–H and O–H groups in total. The van der Waals surface area contributed by atoms with Gasteiger partial charge in [-0.25, -0.2) is 13.4 Å². The molecule has 1 unspecified atom stereocenters. The third-order valence-corrected chi connectivity index (χ3v) is 3.29. The van der Waals surface area contributed by atoms with Gasteiger partial charge in [-0.05, 0) is 6.92 Å². The highest BCUT2D eigenvalue weighted by Gasteiger charge is 2.15. The first-order chi connectivity index (χ1) is 8.31. The highest BCUT2D eigenvalue weighted by molar-refractivity contribution is 7.90. The second-order valence-electron chi connectivity index (χ2n) is 4.25. The Morgan fingerprint density at radius 2 is 2.28 bits per heavy atom. The van der Waals surface area contributed by atoms with Crippen molar-refractivity contribution in [3.8, 4) is 0 Å². The lowest BCUT2D eigenvalue weighted by atomic mass is 10.3. The van der Waals surface area contributed by atoms with E-state index in [1.165, 1.54) is 6.33 Å². The highest BCUT2D eigenvalue weighted by atomic mass is 32.2. The minimum Gasteiger partial charge on any atom is -0.347 e. The van der Waals surface area contributed by atoms with E-state index in [-0.39, 0.29) is 17.4 Å². The van der Waals surface area contributed by atoms with Crippen LogP contribution >= 0.6 is 0 Å². The summed E-state index contributed by atoms with van der Waals surface area (Å²) < 4.78 is 23.8. The van der Waals surface area contributed by atoms with Gasteiger partial charge in [-0.15, -0.1) is 0 Å². The second-order valence-corrected chi connectivity index (χ2v) is 6.44.